The number of thioether (sulfide) groups is 1. The summed E-state index contributed by atoms with van der Waals surface area (Å²) in [5, 5.41) is 0.111. The summed E-state index contributed by atoms with van der Waals surface area (Å²) in [5.74, 6) is -1.54. The number of nitrogen functional groups attached to an aromatic ring is 1. The number of nitrogens with zero attached hydrogens (tertiary/aromatic N) is 1. The van der Waals surface area contributed by atoms with Crippen molar-refractivity contribution in [2.24, 2.45) is 0 Å². The largest absolute Gasteiger partial charge is 0.394 e. The fourth-order valence-electron chi connectivity index (χ4n) is 2.12. The minimum Gasteiger partial charge on any atom is -0.394 e. The molecule has 1 saturated heterocycles. The summed E-state index contributed by atoms with van der Waals surface area (Å²) >= 11 is 1.67. The molecule has 1 fully saturated rings. The molecule has 0 bridgehead atoms. The number of hydrogen-bond acceptors (Lipinski definition) is 4. The van der Waals surface area contributed by atoms with Crippen LogP contribution >= 0.6 is 11.8 Å². The lowest BCUT2D eigenvalue weighted by Gasteiger charge is -2.36. The zero-order chi connectivity index (χ0) is 15.1. The molecule has 2 N–H and O–H groups in total. The Bertz CT molecular complexity index is 622. The van der Waals surface area contributed by atoms with E-state index in [4.69, 9.17) is 5.73 Å². The first-order valence-corrected chi connectivity index (χ1v) is 8.62. The number of benzene rings is 1. The van der Waals surface area contributed by atoms with Crippen LogP contribution in [0, 0.1) is 11.6 Å². The number of nitrogens with two attached hydrogens (primary N) is 1. The van der Waals surface area contributed by atoms with Gasteiger partial charge >= 0.3 is 0 Å². The van der Waals surface area contributed by atoms with Crippen molar-refractivity contribution in [3.8, 4) is 0 Å². The lowest BCUT2D eigenvalue weighted by atomic mass is 10.2. The molecule has 112 valence electrons. The molecule has 4 nitrogen and oxygen atoms in total. The van der Waals surface area contributed by atoms with Crippen LogP contribution in [-0.4, -0.2) is 36.3 Å². The standard InChI is InChI=1S/C12H16F2N2O2S2/c1-7-8(2)19-6-5-16(7)20(17,18)10-4-3-9(13)12(15)11(10)14/h3-4,7-8H,5-6,15H2,1-2H3. The van der Waals surface area contributed by atoms with Crippen molar-refractivity contribution in [1.29, 1.82) is 0 Å². The first-order chi connectivity index (χ1) is 9.26. The highest BCUT2D eigenvalue weighted by atomic mass is 32.2. The van der Waals surface area contributed by atoms with Gasteiger partial charge in [-0.3, -0.25) is 0 Å². The summed E-state index contributed by atoms with van der Waals surface area (Å²) in [4.78, 5) is -0.567. The maximum absolute atomic E-state index is 14.0. The van der Waals surface area contributed by atoms with Crippen molar-refractivity contribution >= 4 is 27.5 Å². The molecule has 0 spiro atoms. The molecule has 0 radical (unpaired) electrons. The van der Waals surface area contributed by atoms with Gasteiger partial charge in [-0.2, -0.15) is 16.1 Å². The first kappa shape index (κ1) is 15.5. The topological polar surface area (TPSA) is 63.4 Å². The van der Waals surface area contributed by atoms with Gasteiger partial charge in [0.1, 0.15) is 16.4 Å². The normalized spacial score (nSPS) is 24.8. The summed E-state index contributed by atoms with van der Waals surface area (Å²) < 4.78 is 53.4. The Kier molecular flexibility index (Phi) is 4.27. The molecule has 2 atom stereocenters. The monoisotopic (exact) mass is 322 g/mol. The number of rotatable bonds is 2. The quantitative estimate of drug-likeness (QED) is 0.847. The third kappa shape index (κ3) is 2.51. The molecule has 20 heavy (non-hydrogen) atoms. The lowest BCUT2D eigenvalue weighted by Crippen LogP contribution is -2.48. The molecule has 1 aliphatic rings. The van der Waals surface area contributed by atoms with Crippen molar-refractivity contribution in [1.82, 2.24) is 4.31 Å². The van der Waals surface area contributed by atoms with Crippen molar-refractivity contribution < 1.29 is 17.2 Å². The van der Waals surface area contributed by atoms with Crippen molar-refractivity contribution in [3.05, 3.63) is 23.8 Å². The predicted octanol–water partition coefficient (Wildman–Crippen LogP) is 2.06. The second-order valence-corrected chi connectivity index (χ2v) is 8.05. The van der Waals surface area contributed by atoms with E-state index in [1.54, 1.807) is 18.7 Å². The Hall–Kier alpha value is -0.860. The summed E-state index contributed by atoms with van der Waals surface area (Å²) in [6, 6.07) is 1.54. The molecule has 0 aromatic heterocycles. The van der Waals surface area contributed by atoms with E-state index in [-0.39, 0.29) is 11.3 Å². The summed E-state index contributed by atoms with van der Waals surface area (Å²) in [7, 11) is -4.02. The Labute approximate surface area is 121 Å². The van der Waals surface area contributed by atoms with Crippen LogP contribution in [0.2, 0.25) is 0 Å². The van der Waals surface area contributed by atoms with Gasteiger partial charge in [0.15, 0.2) is 5.82 Å². The summed E-state index contributed by atoms with van der Waals surface area (Å²) in [5.41, 5.74) is 4.47. The molecule has 0 saturated carbocycles. The minimum atomic E-state index is -4.02. The molecule has 0 amide bonds. The van der Waals surface area contributed by atoms with Gasteiger partial charge in [-0.15, -0.1) is 0 Å². The van der Waals surface area contributed by atoms with E-state index in [1.807, 2.05) is 6.92 Å². The molecule has 1 aliphatic heterocycles. The zero-order valence-electron chi connectivity index (χ0n) is 11.1. The van der Waals surface area contributed by atoms with Crippen LogP contribution in [0.3, 0.4) is 0 Å². The van der Waals surface area contributed by atoms with E-state index >= 15 is 0 Å². The van der Waals surface area contributed by atoms with E-state index in [9.17, 15) is 17.2 Å². The highest BCUT2D eigenvalue weighted by Crippen LogP contribution is 2.31. The fraction of sp³-hybridized carbons (Fsp3) is 0.500. The Balaban J connectivity index is 2.48. The van der Waals surface area contributed by atoms with Crippen LogP contribution in [0.25, 0.3) is 0 Å². The molecular weight excluding hydrogens is 306 g/mol. The maximum Gasteiger partial charge on any atom is 0.246 e. The molecule has 1 aromatic carbocycles. The molecule has 8 heteroatoms. The van der Waals surface area contributed by atoms with Crippen LogP contribution in [0.4, 0.5) is 14.5 Å². The SMILES string of the molecule is CC1SCCN(S(=O)(=O)c2ccc(F)c(N)c2F)C1C. The van der Waals surface area contributed by atoms with E-state index in [1.165, 1.54) is 4.31 Å². The second kappa shape index (κ2) is 5.50. The number of anilines is 1. The highest BCUT2D eigenvalue weighted by Gasteiger charge is 2.37. The van der Waals surface area contributed by atoms with E-state index in [0.717, 1.165) is 12.1 Å². The van der Waals surface area contributed by atoms with Gasteiger partial charge in [-0.1, -0.05) is 6.92 Å². The molecule has 1 aromatic rings. The van der Waals surface area contributed by atoms with Gasteiger partial charge in [-0.25, -0.2) is 17.2 Å². The summed E-state index contributed by atoms with van der Waals surface area (Å²) in [6.45, 7) is 4.00. The number of sulfonamides is 1. The lowest BCUT2D eigenvalue weighted by molar-refractivity contribution is 0.338. The third-order valence-electron chi connectivity index (χ3n) is 3.50. The van der Waals surface area contributed by atoms with Gasteiger partial charge in [0, 0.05) is 23.6 Å². The molecule has 2 unspecified atom stereocenters. The van der Waals surface area contributed by atoms with Gasteiger partial charge in [0.25, 0.3) is 0 Å². The van der Waals surface area contributed by atoms with Crippen molar-refractivity contribution in [2.45, 2.75) is 30.0 Å². The average molecular weight is 322 g/mol. The van der Waals surface area contributed by atoms with Crippen molar-refractivity contribution in [2.75, 3.05) is 18.0 Å². The second-order valence-electron chi connectivity index (χ2n) is 4.71. The van der Waals surface area contributed by atoms with Crippen LogP contribution in [-0.2, 0) is 10.0 Å². The van der Waals surface area contributed by atoms with Crippen molar-refractivity contribution in [3.63, 3.8) is 0 Å². The molecule has 2 rings (SSSR count). The maximum atomic E-state index is 14.0. The van der Waals surface area contributed by atoms with E-state index in [0.29, 0.717) is 12.3 Å². The molecule has 0 aliphatic carbocycles. The fourth-order valence-corrected chi connectivity index (χ4v) is 5.19. The smallest absolute Gasteiger partial charge is 0.246 e. The first-order valence-electron chi connectivity index (χ1n) is 6.13. The van der Waals surface area contributed by atoms with Crippen LogP contribution in [0.5, 0.6) is 0 Å². The molecular formula is C12H16F2N2O2S2. The Morgan fingerprint density at radius 3 is 2.65 bits per heavy atom. The van der Waals surface area contributed by atoms with Gasteiger partial charge < -0.3 is 5.73 Å². The Morgan fingerprint density at radius 2 is 2.00 bits per heavy atom. The van der Waals surface area contributed by atoms with Crippen LogP contribution in [0.15, 0.2) is 17.0 Å². The third-order valence-corrected chi connectivity index (χ3v) is 6.85. The van der Waals surface area contributed by atoms with Gasteiger partial charge in [0.2, 0.25) is 10.0 Å². The minimum absolute atomic E-state index is 0.111. The summed E-state index contributed by atoms with van der Waals surface area (Å²) in [6.07, 6.45) is 0. The predicted molar refractivity (Wildman–Crippen MR) is 76.0 cm³/mol. The van der Waals surface area contributed by atoms with E-state index in [2.05, 4.69) is 0 Å². The zero-order valence-corrected chi connectivity index (χ0v) is 12.8. The number of halogens is 2. The number of hydrogen-bond donors (Lipinski definition) is 1. The van der Waals surface area contributed by atoms with Gasteiger partial charge in [0.05, 0.1) is 0 Å². The Morgan fingerprint density at radius 1 is 1.35 bits per heavy atom. The van der Waals surface area contributed by atoms with Gasteiger partial charge in [-0.05, 0) is 19.1 Å². The van der Waals surface area contributed by atoms with Crippen LogP contribution < -0.4 is 5.73 Å². The van der Waals surface area contributed by atoms with E-state index < -0.39 is 32.2 Å². The highest BCUT2D eigenvalue weighted by molar-refractivity contribution is 8.00. The average Bonchev–Trinajstić information content (AvgIpc) is 2.38. The molecule has 1 heterocycles. The van der Waals surface area contributed by atoms with Crippen LogP contribution in [0.1, 0.15) is 13.8 Å².